The SMILES string of the molecule is Cc1nn(C)c(C)c1S(=O)(=O)N(C)C(CN)C1CC1. The quantitative estimate of drug-likeness (QED) is 0.849. The van der Waals surface area contributed by atoms with E-state index in [-0.39, 0.29) is 6.04 Å². The Kier molecular flexibility index (Phi) is 3.72. The second-order valence-corrected chi connectivity index (χ2v) is 7.22. The fourth-order valence-corrected chi connectivity index (χ4v) is 4.39. The van der Waals surface area contributed by atoms with E-state index in [9.17, 15) is 8.42 Å². The zero-order valence-corrected chi connectivity index (χ0v) is 12.7. The summed E-state index contributed by atoms with van der Waals surface area (Å²) < 4.78 is 28.5. The van der Waals surface area contributed by atoms with E-state index in [0.717, 1.165) is 12.8 Å². The minimum absolute atomic E-state index is 0.107. The molecule has 0 spiro atoms. The minimum atomic E-state index is -3.53. The van der Waals surface area contributed by atoms with Crippen LogP contribution in [0.25, 0.3) is 0 Å². The average Bonchev–Trinajstić information content (AvgIpc) is 3.09. The first-order valence-electron chi connectivity index (χ1n) is 6.49. The normalized spacial score (nSPS) is 18.0. The number of nitrogens with zero attached hydrogens (tertiary/aromatic N) is 3. The van der Waals surface area contributed by atoms with Crippen molar-refractivity contribution in [2.75, 3.05) is 13.6 Å². The number of sulfonamides is 1. The van der Waals surface area contributed by atoms with Crippen molar-refractivity contribution in [2.45, 2.75) is 37.6 Å². The average molecular weight is 286 g/mol. The van der Waals surface area contributed by atoms with Gasteiger partial charge in [0.2, 0.25) is 10.0 Å². The molecule has 1 unspecified atom stereocenters. The van der Waals surface area contributed by atoms with Gasteiger partial charge in [0.15, 0.2) is 0 Å². The Morgan fingerprint density at radius 2 is 2.05 bits per heavy atom. The molecule has 1 atom stereocenters. The molecule has 1 heterocycles. The molecule has 0 aliphatic heterocycles. The zero-order valence-electron chi connectivity index (χ0n) is 11.9. The highest BCUT2D eigenvalue weighted by molar-refractivity contribution is 7.89. The Labute approximate surface area is 114 Å². The summed E-state index contributed by atoms with van der Waals surface area (Å²) in [4.78, 5) is 0.316. The maximum Gasteiger partial charge on any atom is 0.246 e. The third-order valence-corrected chi connectivity index (χ3v) is 6.09. The summed E-state index contributed by atoms with van der Waals surface area (Å²) in [6, 6.07) is -0.107. The maximum atomic E-state index is 12.7. The maximum absolute atomic E-state index is 12.7. The third kappa shape index (κ3) is 2.42. The van der Waals surface area contributed by atoms with Gasteiger partial charge in [0.05, 0.1) is 11.4 Å². The fraction of sp³-hybridized carbons (Fsp3) is 0.750. The molecule has 1 aliphatic rings. The van der Waals surface area contributed by atoms with Gasteiger partial charge in [-0.2, -0.15) is 9.40 Å². The first-order valence-corrected chi connectivity index (χ1v) is 7.93. The number of likely N-dealkylation sites (N-methyl/N-ethyl adjacent to an activating group) is 1. The Balaban J connectivity index is 2.41. The van der Waals surface area contributed by atoms with Crippen molar-refractivity contribution in [3.63, 3.8) is 0 Å². The molecule has 7 heteroatoms. The van der Waals surface area contributed by atoms with Gasteiger partial charge < -0.3 is 5.73 Å². The van der Waals surface area contributed by atoms with Gasteiger partial charge >= 0.3 is 0 Å². The number of rotatable bonds is 5. The first kappa shape index (κ1) is 14.5. The summed E-state index contributed by atoms with van der Waals surface area (Å²) in [5.41, 5.74) is 6.95. The summed E-state index contributed by atoms with van der Waals surface area (Å²) in [7, 11) is -0.151. The predicted octanol–water partition coefficient (Wildman–Crippen LogP) is 0.395. The van der Waals surface area contributed by atoms with Gasteiger partial charge in [0.1, 0.15) is 4.90 Å². The van der Waals surface area contributed by atoms with Crippen LogP contribution in [-0.4, -0.2) is 42.1 Å². The van der Waals surface area contributed by atoms with Gasteiger partial charge in [-0.3, -0.25) is 4.68 Å². The van der Waals surface area contributed by atoms with E-state index in [1.54, 1.807) is 32.6 Å². The molecular weight excluding hydrogens is 264 g/mol. The van der Waals surface area contributed by atoms with Gasteiger partial charge in [0, 0.05) is 26.7 Å². The molecule has 19 heavy (non-hydrogen) atoms. The summed E-state index contributed by atoms with van der Waals surface area (Å²) in [5, 5.41) is 4.18. The van der Waals surface area contributed by atoms with Gasteiger partial charge in [-0.1, -0.05) is 0 Å². The number of aryl methyl sites for hydroxylation is 2. The van der Waals surface area contributed by atoms with E-state index in [2.05, 4.69) is 5.10 Å². The lowest BCUT2D eigenvalue weighted by Crippen LogP contribution is -2.43. The highest BCUT2D eigenvalue weighted by Gasteiger charge is 2.39. The molecule has 1 aromatic rings. The molecule has 108 valence electrons. The van der Waals surface area contributed by atoms with E-state index in [1.807, 2.05) is 0 Å². The van der Waals surface area contributed by atoms with Gasteiger partial charge in [0.25, 0.3) is 0 Å². The Bertz CT molecular complexity index is 575. The van der Waals surface area contributed by atoms with Crippen molar-refractivity contribution < 1.29 is 8.42 Å². The largest absolute Gasteiger partial charge is 0.329 e. The van der Waals surface area contributed by atoms with Crippen LogP contribution in [0.3, 0.4) is 0 Å². The third-order valence-electron chi connectivity index (χ3n) is 3.95. The summed E-state index contributed by atoms with van der Waals surface area (Å²) in [5.74, 6) is 0.405. The molecule has 1 aromatic heterocycles. The van der Waals surface area contributed by atoms with Crippen LogP contribution in [0.2, 0.25) is 0 Å². The molecule has 0 bridgehead atoms. The monoisotopic (exact) mass is 286 g/mol. The van der Waals surface area contributed by atoms with Crippen molar-refractivity contribution in [1.82, 2.24) is 14.1 Å². The Morgan fingerprint density at radius 1 is 1.47 bits per heavy atom. The lowest BCUT2D eigenvalue weighted by Gasteiger charge is -2.26. The molecule has 2 rings (SSSR count). The second-order valence-electron chi connectivity index (χ2n) is 5.29. The Hall–Kier alpha value is -0.920. The first-order chi connectivity index (χ1) is 8.80. The lowest BCUT2D eigenvalue weighted by molar-refractivity contribution is 0.340. The fourth-order valence-electron chi connectivity index (χ4n) is 2.57. The van der Waals surface area contributed by atoms with E-state index < -0.39 is 10.0 Å². The number of hydrogen-bond acceptors (Lipinski definition) is 4. The van der Waals surface area contributed by atoms with E-state index in [4.69, 9.17) is 5.73 Å². The van der Waals surface area contributed by atoms with Crippen LogP contribution in [0.5, 0.6) is 0 Å². The zero-order chi connectivity index (χ0) is 14.4. The molecule has 2 N–H and O–H groups in total. The second kappa shape index (κ2) is 4.88. The van der Waals surface area contributed by atoms with E-state index in [0.29, 0.717) is 28.7 Å². The molecule has 1 saturated carbocycles. The highest BCUT2D eigenvalue weighted by atomic mass is 32.2. The van der Waals surface area contributed by atoms with Gasteiger partial charge in [-0.25, -0.2) is 8.42 Å². The van der Waals surface area contributed by atoms with Crippen molar-refractivity contribution in [2.24, 2.45) is 18.7 Å². The number of nitrogens with two attached hydrogens (primary N) is 1. The van der Waals surface area contributed by atoms with Crippen LogP contribution in [0.4, 0.5) is 0 Å². The van der Waals surface area contributed by atoms with Crippen LogP contribution in [0.1, 0.15) is 24.2 Å². The number of hydrogen-bond donors (Lipinski definition) is 1. The molecule has 0 aromatic carbocycles. The molecule has 6 nitrogen and oxygen atoms in total. The van der Waals surface area contributed by atoms with Crippen molar-refractivity contribution >= 4 is 10.0 Å². The van der Waals surface area contributed by atoms with E-state index >= 15 is 0 Å². The summed E-state index contributed by atoms with van der Waals surface area (Å²) in [6.45, 7) is 3.86. The lowest BCUT2D eigenvalue weighted by atomic mass is 10.2. The standard InChI is InChI=1S/C12H22N4O2S/c1-8-12(9(2)15(3)14-8)19(17,18)16(4)11(7-13)10-5-6-10/h10-11H,5-7,13H2,1-4H3. The van der Waals surface area contributed by atoms with Crippen LogP contribution in [0.15, 0.2) is 4.90 Å². The Morgan fingerprint density at radius 3 is 2.42 bits per heavy atom. The summed E-state index contributed by atoms with van der Waals surface area (Å²) >= 11 is 0. The van der Waals surface area contributed by atoms with Crippen molar-refractivity contribution in [3.05, 3.63) is 11.4 Å². The molecule has 1 aliphatic carbocycles. The van der Waals surface area contributed by atoms with Crippen LogP contribution in [-0.2, 0) is 17.1 Å². The number of aromatic nitrogens is 2. The topological polar surface area (TPSA) is 81.2 Å². The van der Waals surface area contributed by atoms with E-state index in [1.165, 1.54) is 4.31 Å². The minimum Gasteiger partial charge on any atom is -0.329 e. The predicted molar refractivity (Wildman–Crippen MR) is 73.2 cm³/mol. The summed E-state index contributed by atoms with van der Waals surface area (Å²) in [6.07, 6.45) is 2.12. The molecule has 0 saturated heterocycles. The smallest absolute Gasteiger partial charge is 0.246 e. The molecule has 1 fully saturated rings. The molecule has 0 radical (unpaired) electrons. The molecular formula is C12H22N4O2S. The van der Waals surface area contributed by atoms with Gasteiger partial charge in [-0.15, -0.1) is 0 Å². The highest BCUT2D eigenvalue weighted by Crippen LogP contribution is 2.36. The van der Waals surface area contributed by atoms with Crippen molar-refractivity contribution in [3.8, 4) is 0 Å². The van der Waals surface area contributed by atoms with Crippen LogP contribution in [0, 0.1) is 19.8 Å². The van der Waals surface area contributed by atoms with Crippen molar-refractivity contribution in [1.29, 1.82) is 0 Å². The van der Waals surface area contributed by atoms with Crippen LogP contribution < -0.4 is 5.73 Å². The molecule has 0 amide bonds. The van der Waals surface area contributed by atoms with Crippen LogP contribution >= 0.6 is 0 Å². The van der Waals surface area contributed by atoms with Gasteiger partial charge in [-0.05, 0) is 32.6 Å².